The molecule has 0 aliphatic rings. The highest BCUT2D eigenvalue weighted by Crippen LogP contribution is 2.34. The predicted octanol–water partition coefficient (Wildman–Crippen LogP) is 3.60. The maximum absolute atomic E-state index is 12.9. The minimum Gasteiger partial charge on any atom is -0.440 e. The second-order valence-electron chi connectivity index (χ2n) is 4.57. The Balaban J connectivity index is 2.10. The van der Waals surface area contributed by atoms with Crippen molar-refractivity contribution >= 4 is 10.9 Å². The minimum atomic E-state index is -0.309. The molecule has 3 aromatic rings. The molecular formula is C16H14FNO2. The molecule has 0 radical (unpaired) electrons. The van der Waals surface area contributed by atoms with E-state index < -0.39 is 0 Å². The van der Waals surface area contributed by atoms with Crippen molar-refractivity contribution in [1.82, 2.24) is 4.57 Å². The number of aromatic nitrogens is 1. The van der Waals surface area contributed by atoms with Gasteiger partial charge in [0.2, 0.25) is 5.88 Å². The van der Waals surface area contributed by atoms with E-state index in [0.717, 1.165) is 16.5 Å². The lowest BCUT2D eigenvalue weighted by Gasteiger charge is -2.08. The smallest absolute Gasteiger partial charge is 0.206 e. The molecule has 0 fully saturated rings. The zero-order chi connectivity index (χ0) is 14.1. The Hall–Kier alpha value is -2.33. The number of halogens is 1. The van der Waals surface area contributed by atoms with Crippen LogP contribution in [0, 0.1) is 5.82 Å². The van der Waals surface area contributed by atoms with E-state index in [1.165, 1.54) is 12.1 Å². The van der Waals surface area contributed by atoms with Gasteiger partial charge in [-0.1, -0.05) is 18.2 Å². The van der Waals surface area contributed by atoms with Crippen molar-refractivity contribution in [2.24, 2.45) is 7.05 Å². The molecule has 0 atom stereocenters. The summed E-state index contributed by atoms with van der Waals surface area (Å²) in [7, 11) is 1.88. The maximum atomic E-state index is 12.9. The van der Waals surface area contributed by atoms with Crippen LogP contribution < -0.4 is 4.74 Å². The quantitative estimate of drug-likeness (QED) is 0.789. The summed E-state index contributed by atoms with van der Waals surface area (Å²) >= 11 is 0. The largest absolute Gasteiger partial charge is 0.440 e. The lowest BCUT2D eigenvalue weighted by Crippen LogP contribution is -1.96. The van der Waals surface area contributed by atoms with Crippen LogP contribution in [0.2, 0.25) is 0 Å². The summed E-state index contributed by atoms with van der Waals surface area (Å²) in [5, 5.41) is 10.6. The third-order valence-corrected chi connectivity index (χ3v) is 3.34. The Morgan fingerprint density at radius 3 is 2.50 bits per heavy atom. The molecule has 1 N–H and O–H groups in total. The second kappa shape index (κ2) is 4.98. The number of hydrogen-bond acceptors (Lipinski definition) is 2. The molecular weight excluding hydrogens is 257 g/mol. The van der Waals surface area contributed by atoms with E-state index in [-0.39, 0.29) is 12.4 Å². The summed E-state index contributed by atoms with van der Waals surface area (Å²) in [6, 6.07) is 13.6. The number of aryl methyl sites for hydroxylation is 1. The molecule has 2 aromatic carbocycles. The number of aliphatic hydroxyl groups is 1. The Kier molecular flexibility index (Phi) is 3.16. The van der Waals surface area contributed by atoms with Crippen LogP contribution in [-0.4, -0.2) is 9.67 Å². The fourth-order valence-corrected chi connectivity index (χ4v) is 2.35. The van der Waals surface area contributed by atoms with Crippen molar-refractivity contribution in [2.45, 2.75) is 6.61 Å². The monoisotopic (exact) mass is 271 g/mol. The van der Waals surface area contributed by atoms with Crippen LogP contribution in [0.15, 0.2) is 48.5 Å². The molecule has 3 rings (SSSR count). The third kappa shape index (κ3) is 2.04. The van der Waals surface area contributed by atoms with Crippen LogP contribution in [0.5, 0.6) is 11.6 Å². The number of ether oxygens (including phenoxy) is 1. The highest BCUT2D eigenvalue weighted by Gasteiger charge is 2.16. The summed E-state index contributed by atoms with van der Waals surface area (Å²) < 4.78 is 20.6. The predicted molar refractivity (Wildman–Crippen MR) is 75.3 cm³/mol. The van der Waals surface area contributed by atoms with Crippen LogP contribution in [-0.2, 0) is 13.7 Å². The van der Waals surface area contributed by atoms with Gasteiger partial charge in [-0.25, -0.2) is 4.39 Å². The first-order valence-corrected chi connectivity index (χ1v) is 6.31. The van der Waals surface area contributed by atoms with E-state index in [4.69, 9.17) is 4.74 Å². The Morgan fingerprint density at radius 1 is 1.10 bits per heavy atom. The first-order valence-electron chi connectivity index (χ1n) is 6.31. The maximum Gasteiger partial charge on any atom is 0.206 e. The van der Waals surface area contributed by atoms with Gasteiger partial charge >= 0.3 is 0 Å². The molecule has 20 heavy (non-hydrogen) atoms. The molecule has 3 nitrogen and oxygen atoms in total. The molecule has 0 amide bonds. The average Bonchev–Trinajstić information content (AvgIpc) is 2.74. The minimum absolute atomic E-state index is 0.113. The van der Waals surface area contributed by atoms with Gasteiger partial charge in [-0.15, -0.1) is 0 Å². The van der Waals surface area contributed by atoms with E-state index >= 15 is 0 Å². The van der Waals surface area contributed by atoms with Crippen LogP contribution in [0.3, 0.4) is 0 Å². The van der Waals surface area contributed by atoms with Crippen molar-refractivity contribution < 1.29 is 14.2 Å². The van der Waals surface area contributed by atoms with Crippen molar-refractivity contribution in [3.63, 3.8) is 0 Å². The molecule has 0 saturated heterocycles. The number of aliphatic hydroxyl groups excluding tert-OH is 1. The summed E-state index contributed by atoms with van der Waals surface area (Å²) in [5.41, 5.74) is 1.71. The van der Waals surface area contributed by atoms with E-state index in [1.807, 2.05) is 35.9 Å². The van der Waals surface area contributed by atoms with E-state index in [9.17, 15) is 9.50 Å². The van der Waals surface area contributed by atoms with Gasteiger partial charge in [0.1, 0.15) is 11.6 Å². The van der Waals surface area contributed by atoms with Gasteiger partial charge in [-0.05, 0) is 30.3 Å². The lowest BCUT2D eigenvalue weighted by atomic mass is 10.2. The standard InChI is InChI=1S/C16H14FNO2/c1-18-15-5-3-2-4-13(15)14(10-19)16(18)20-12-8-6-11(17)7-9-12/h2-9,19H,10H2,1H3. The molecule has 0 aliphatic carbocycles. The molecule has 0 unspecified atom stereocenters. The number of fused-ring (bicyclic) bond motifs is 1. The van der Waals surface area contributed by atoms with Crippen molar-refractivity contribution in [2.75, 3.05) is 0 Å². The van der Waals surface area contributed by atoms with Crippen LogP contribution >= 0.6 is 0 Å². The number of hydrogen-bond donors (Lipinski definition) is 1. The fraction of sp³-hybridized carbons (Fsp3) is 0.125. The molecule has 1 heterocycles. The number of nitrogens with zero attached hydrogens (tertiary/aromatic N) is 1. The highest BCUT2D eigenvalue weighted by molar-refractivity contribution is 5.86. The Bertz CT molecular complexity index is 747. The Morgan fingerprint density at radius 2 is 1.80 bits per heavy atom. The van der Waals surface area contributed by atoms with Gasteiger partial charge < -0.3 is 14.4 Å². The molecule has 102 valence electrons. The van der Waals surface area contributed by atoms with Crippen molar-refractivity contribution in [3.8, 4) is 11.6 Å². The third-order valence-electron chi connectivity index (χ3n) is 3.34. The molecule has 0 aliphatic heterocycles. The first kappa shape index (κ1) is 12.7. The molecule has 0 saturated carbocycles. The second-order valence-corrected chi connectivity index (χ2v) is 4.57. The first-order chi connectivity index (χ1) is 9.70. The summed E-state index contributed by atoms with van der Waals surface area (Å²) in [4.78, 5) is 0. The fourth-order valence-electron chi connectivity index (χ4n) is 2.35. The number of rotatable bonds is 3. The lowest BCUT2D eigenvalue weighted by molar-refractivity contribution is 0.276. The van der Waals surface area contributed by atoms with E-state index in [0.29, 0.717) is 11.6 Å². The van der Waals surface area contributed by atoms with Crippen molar-refractivity contribution in [3.05, 3.63) is 59.9 Å². The summed E-state index contributed by atoms with van der Waals surface area (Å²) in [6.45, 7) is -0.113. The van der Waals surface area contributed by atoms with Crippen LogP contribution in [0.1, 0.15) is 5.56 Å². The van der Waals surface area contributed by atoms with Gasteiger partial charge in [0, 0.05) is 18.0 Å². The van der Waals surface area contributed by atoms with E-state index in [2.05, 4.69) is 0 Å². The van der Waals surface area contributed by atoms with Gasteiger partial charge in [0.25, 0.3) is 0 Å². The molecule has 0 spiro atoms. The van der Waals surface area contributed by atoms with Crippen molar-refractivity contribution in [1.29, 1.82) is 0 Å². The van der Waals surface area contributed by atoms with Crippen LogP contribution in [0.25, 0.3) is 10.9 Å². The van der Waals surface area contributed by atoms with Gasteiger partial charge in [0.05, 0.1) is 12.1 Å². The molecule has 0 bridgehead atoms. The Labute approximate surface area is 115 Å². The molecule has 4 heteroatoms. The van der Waals surface area contributed by atoms with Crippen LogP contribution in [0.4, 0.5) is 4.39 Å². The average molecular weight is 271 g/mol. The highest BCUT2D eigenvalue weighted by atomic mass is 19.1. The van der Waals surface area contributed by atoms with E-state index in [1.54, 1.807) is 12.1 Å². The summed E-state index contributed by atoms with van der Waals surface area (Å²) in [5.74, 6) is 0.795. The topological polar surface area (TPSA) is 34.4 Å². The SMILES string of the molecule is Cn1c(Oc2ccc(F)cc2)c(CO)c2ccccc21. The zero-order valence-corrected chi connectivity index (χ0v) is 11.0. The van der Waals surface area contributed by atoms with Gasteiger partial charge in [-0.3, -0.25) is 0 Å². The van der Waals surface area contributed by atoms with Gasteiger partial charge in [0.15, 0.2) is 0 Å². The zero-order valence-electron chi connectivity index (χ0n) is 11.0. The normalized spacial score (nSPS) is 10.9. The van der Waals surface area contributed by atoms with Gasteiger partial charge in [-0.2, -0.15) is 0 Å². The molecule has 1 aromatic heterocycles. The number of para-hydroxylation sites is 1. The number of benzene rings is 2. The summed E-state index contributed by atoms with van der Waals surface area (Å²) in [6.07, 6.45) is 0.